The van der Waals surface area contributed by atoms with E-state index in [-0.39, 0.29) is 12.6 Å². The van der Waals surface area contributed by atoms with Gasteiger partial charge in [-0.2, -0.15) is 4.98 Å². The van der Waals surface area contributed by atoms with Crippen molar-refractivity contribution in [1.82, 2.24) is 9.97 Å². The molecule has 0 saturated carbocycles. The summed E-state index contributed by atoms with van der Waals surface area (Å²) < 4.78 is 5.08. The van der Waals surface area contributed by atoms with Crippen molar-refractivity contribution >= 4 is 5.95 Å². The Hall–Kier alpha value is -1.36. The van der Waals surface area contributed by atoms with Crippen LogP contribution < -0.4 is 10.1 Å². The Balaban J connectivity index is 2.74. The molecule has 1 rings (SSSR count). The molecule has 1 unspecified atom stereocenters. The Morgan fingerprint density at radius 3 is 2.65 bits per heavy atom. The normalized spacial score (nSPS) is 12.6. The molecule has 0 bridgehead atoms. The molecule has 0 amide bonds. The molecule has 1 heterocycles. The van der Waals surface area contributed by atoms with Crippen LogP contribution in [0.1, 0.15) is 26.0 Å². The molecule has 0 aliphatic heterocycles. The monoisotopic (exact) mass is 239 g/mol. The van der Waals surface area contributed by atoms with E-state index in [2.05, 4.69) is 29.1 Å². The third-order valence-corrected chi connectivity index (χ3v) is 2.35. The number of anilines is 1. The van der Waals surface area contributed by atoms with E-state index in [1.54, 1.807) is 13.2 Å². The predicted molar refractivity (Wildman–Crippen MR) is 67.3 cm³/mol. The first kappa shape index (κ1) is 13.7. The second-order valence-corrected chi connectivity index (χ2v) is 4.53. The molecule has 0 saturated heterocycles. The summed E-state index contributed by atoms with van der Waals surface area (Å²) in [4.78, 5) is 8.46. The first-order valence-electron chi connectivity index (χ1n) is 5.82. The van der Waals surface area contributed by atoms with Crippen LogP contribution in [0, 0.1) is 12.8 Å². The van der Waals surface area contributed by atoms with Gasteiger partial charge in [0.15, 0.2) is 0 Å². The maximum Gasteiger partial charge on any atom is 0.226 e. The molecule has 0 radical (unpaired) electrons. The van der Waals surface area contributed by atoms with Crippen LogP contribution in [0.4, 0.5) is 5.95 Å². The maximum atomic E-state index is 9.28. The van der Waals surface area contributed by atoms with Crippen molar-refractivity contribution in [2.24, 2.45) is 5.92 Å². The summed E-state index contributed by atoms with van der Waals surface area (Å²) in [5, 5.41) is 12.4. The Labute approximate surface area is 102 Å². The average molecular weight is 239 g/mol. The summed E-state index contributed by atoms with van der Waals surface area (Å²) in [5.74, 6) is 1.54. The zero-order chi connectivity index (χ0) is 12.8. The van der Waals surface area contributed by atoms with Gasteiger partial charge in [-0.15, -0.1) is 0 Å². The lowest BCUT2D eigenvalue weighted by atomic mass is 10.0. The lowest BCUT2D eigenvalue weighted by Crippen LogP contribution is -2.26. The van der Waals surface area contributed by atoms with Gasteiger partial charge in [-0.05, 0) is 19.3 Å². The topological polar surface area (TPSA) is 67.3 Å². The quantitative estimate of drug-likeness (QED) is 0.789. The molecule has 1 atom stereocenters. The van der Waals surface area contributed by atoms with Gasteiger partial charge in [-0.1, -0.05) is 13.8 Å². The van der Waals surface area contributed by atoms with E-state index < -0.39 is 0 Å². The molecule has 5 nitrogen and oxygen atoms in total. The fourth-order valence-electron chi connectivity index (χ4n) is 1.64. The summed E-state index contributed by atoms with van der Waals surface area (Å²) in [6, 6.07) is 1.74. The molecule has 0 aliphatic rings. The van der Waals surface area contributed by atoms with Crippen LogP contribution in [-0.4, -0.2) is 34.8 Å². The number of hydrogen-bond donors (Lipinski definition) is 2. The Bertz CT molecular complexity index is 356. The second-order valence-electron chi connectivity index (χ2n) is 4.53. The van der Waals surface area contributed by atoms with Crippen LogP contribution in [0.25, 0.3) is 0 Å². The first-order valence-corrected chi connectivity index (χ1v) is 5.82. The standard InChI is InChI=1S/C12H21N3O2/c1-8(2)5-10(7-16)14-12-13-9(3)6-11(15-12)17-4/h6,8,10,16H,5,7H2,1-4H3,(H,13,14,15). The molecule has 0 aromatic carbocycles. The number of aryl methyl sites for hydroxylation is 1. The molecular weight excluding hydrogens is 218 g/mol. The zero-order valence-electron chi connectivity index (χ0n) is 10.9. The minimum Gasteiger partial charge on any atom is -0.481 e. The summed E-state index contributed by atoms with van der Waals surface area (Å²) in [7, 11) is 1.57. The summed E-state index contributed by atoms with van der Waals surface area (Å²) in [6.07, 6.45) is 0.871. The van der Waals surface area contributed by atoms with Gasteiger partial charge in [0, 0.05) is 11.8 Å². The van der Waals surface area contributed by atoms with E-state index in [4.69, 9.17) is 4.74 Å². The highest BCUT2D eigenvalue weighted by Gasteiger charge is 2.12. The predicted octanol–water partition coefficient (Wildman–Crippen LogP) is 1.61. The fraction of sp³-hybridized carbons (Fsp3) is 0.667. The van der Waals surface area contributed by atoms with Crippen molar-refractivity contribution in [1.29, 1.82) is 0 Å². The molecule has 2 N–H and O–H groups in total. The third kappa shape index (κ3) is 4.56. The Morgan fingerprint density at radius 2 is 2.12 bits per heavy atom. The first-order chi connectivity index (χ1) is 8.05. The number of nitrogens with one attached hydrogen (secondary N) is 1. The molecule has 0 fully saturated rings. The van der Waals surface area contributed by atoms with E-state index in [0.29, 0.717) is 17.7 Å². The van der Waals surface area contributed by atoms with Gasteiger partial charge in [0.25, 0.3) is 0 Å². The number of hydrogen-bond acceptors (Lipinski definition) is 5. The molecule has 96 valence electrons. The smallest absolute Gasteiger partial charge is 0.226 e. The number of ether oxygens (including phenoxy) is 1. The van der Waals surface area contributed by atoms with Gasteiger partial charge >= 0.3 is 0 Å². The van der Waals surface area contributed by atoms with E-state index in [1.165, 1.54) is 0 Å². The highest BCUT2D eigenvalue weighted by Crippen LogP contribution is 2.14. The lowest BCUT2D eigenvalue weighted by Gasteiger charge is -2.18. The maximum absolute atomic E-state index is 9.28. The van der Waals surface area contributed by atoms with Gasteiger partial charge in [-0.25, -0.2) is 4.98 Å². The summed E-state index contributed by atoms with van der Waals surface area (Å²) >= 11 is 0. The average Bonchev–Trinajstić information content (AvgIpc) is 2.26. The molecule has 0 aliphatic carbocycles. The molecular formula is C12H21N3O2. The van der Waals surface area contributed by atoms with Gasteiger partial charge in [0.05, 0.1) is 19.8 Å². The molecule has 1 aromatic rings. The second kappa shape index (κ2) is 6.39. The Kier molecular flexibility index (Phi) is 5.15. The van der Waals surface area contributed by atoms with Crippen LogP contribution in [0.15, 0.2) is 6.07 Å². The van der Waals surface area contributed by atoms with E-state index in [0.717, 1.165) is 12.1 Å². The Morgan fingerprint density at radius 1 is 1.41 bits per heavy atom. The van der Waals surface area contributed by atoms with Crippen LogP contribution >= 0.6 is 0 Å². The van der Waals surface area contributed by atoms with Crippen LogP contribution in [0.3, 0.4) is 0 Å². The van der Waals surface area contributed by atoms with Crippen molar-refractivity contribution in [2.45, 2.75) is 33.2 Å². The number of aliphatic hydroxyl groups excluding tert-OH is 1. The number of rotatable bonds is 6. The van der Waals surface area contributed by atoms with Gasteiger partial charge < -0.3 is 15.2 Å². The largest absolute Gasteiger partial charge is 0.481 e. The van der Waals surface area contributed by atoms with Crippen LogP contribution in [0.5, 0.6) is 5.88 Å². The number of methoxy groups -OCH3 is 1. The number of aliphatic hydroxyl groups is 1. The highest BCUT2D eigenvalue weighted by atomic mass is 16.5. The van der Waals surface area contributed by atoms with E-state index in [9.17, 15) is 5.11 Å². The van der Waals surface area contributed by atoms with Gasteiger partial charge in [0.1, 0.15) is 0 Å². The number of nitrogens with zero attached hydrogens (tertiary/aromatic N) is 2. The SMILES string of the molecule is COc1cc(C)nc(NC(CO)CC(C)C)n1. The zero-order valence-corrected chi connectivity index (χ0v) is 10.9. The molecule has 17 heavy (non-hydrogen) atoms. The summed E-state index contributed by atoms with van der Waals surface area (Å²) in [5.41, 5.74) is 0.834. The minimum absolute atomic E-state index is 0.0264. The van der Waals surface area contributed by atoms with Crippen LogP contribution in [-0.2, 0) is 0 Å². The van der Waals surface area contributed by atoms with Crippen molar-refractivity contribution in [3.8, 4) is 5.88 Å². The summed E-state index contributed by atoms with van der Waals surface area (Å²) in [6.45, 7) is 6.17. The molecule has 0 spiro atoms. The minimum atomic E-state index is -0.0264. The lowest BCUT2D eigenvalue weighted by molar-refractivity contribution is 0.258. The van der Waals surface area contributed by atoms with Gasteiger partial charge in [-0.3, -0.25) is 0 Å². The van der Waals surface area contributed by atoms with Crippen molar-refractivity contribution in [3.63, 3.8) is 0 Å². The van der Waals surface area contributed by atoms with E-state index in [1.807, 2.05) is 6.92 Å². The fourth-order valence-corrected chi connectivity index (χ4v) is 1.64. The number of aromatic nitrogens is 2. The third-order valence-electron chi connectivity index (χ3n) is 2.35. The van der Waals surface area contributed by atoms with Crippen LogP contribution in [0.2, 0.25) is 0 Å². The van der Waals surface area contributed by atoms with Crippen molar-refractivity contribution in [3.05, 3.63) is 11.8 Å². The van der Waals surface area contributed by atoms with Crippen molar-refractivity contribution in [2.75, 3.05) is 19.0 Å². The molecule has 5 heteroatoms. The molecule has 1 aromatic heterocycles. The van der Waals surface area contributed by atoms with Crippen molar-refractivity contribution < 1.29 is 9.84 Å². The van der Waals surface area contributed by atoms with Gasteiger partial charge in [0.2, 0.25) is 11.8 Å². The highest BCUT2D eigenvalue weighted by molar-refractivity contribution is 5.31. The van der Waals surface area contributed by atoms with E-state index >= 15 is 0 Å².